The molecule has 0 bridgehead atoms. The number of rotatable bonds is 18. The van der Waals surface area contributed by atoms with Gasteiger partial charge in [0.2, 0.25) is 11.8 Å². The van der Waals surface area contributed by atoms with Gasteiger partial charge in [-0.3, -0.25) is 14.4 Å². The third-order valence-corrected chi connectivity index (χ3v) is 11.8. The number of carbonyl (C=O) groups excluding carboxylic acids is 5. The minimum Gasteiger partial charge on any atom is -0.461 e. The van der Waals surface area contributed by atoms with Crippen LogP contribution in [0.2, 0.25) is 0 Å². The van der Waals surface area contributed by atoms with E-state index in [4.69, 9.17) is 9.47 Å². The van der Waals surface area contributed by atoms with Crippen molar-refractivity contribution in [1.82, 2.24) is 15.5 Å². The fourth-order valence-electron chi connectivity index (χ4n) is 8.41. The van der Waals surface area contributed by atoms with E-state index in [1.807, 2.05) is 103 Å². The first-order valence-electron chi connectivity index (χ1n) is 21.2. The molecule has 1 heterocycles. The number of aliphatic hydroxyl groups excluding tert-OH is 1. The molecule has 324 valence electrons. The average molecular weight is 849 g/mol. The highest BCUT2D eigenvalue weighted by Crippen LogP contribution is 2.44. The molecule has 0 unspecified atom stereocenters. The smallest absolute Gasteiger partial charge is 0.407 e. The monoisotopic (exact) mass is 848 g/mol. The number of nitrogens with one attached hydrogen (secondary N) is 3. The Hall–Kier alpha value is -7.05. The Kier molecular flexibility index (Phi) is 14.4. The number of carbonyl (C=O) groups is 5. The second-order valence-electron chi connectivity index (χ2n) is 15.9. The lowest BCUT2D eigenvalue weighted by Gasteiger charge is -2.36. The van der Waals surface area contributed by atoms with E-state index in [2.05, 4.69) is 29.1 Å². The number of alkyl carbamates (subject to hydrolysis) is 1. The van der Waals surface area contributed by atoms with Crippen LogP contribution in [0.4, 0.5) is 10.5 Å². The zero-order valence-corrected chi connectivity index (χ0v) is 35.0. The van der Waals surface area contributed by atoms with Crippen LogP contribution in [-0.4, -0.2) is 77.7 Å². The lowest BCUT2D eigenvalue weighted by atomic mass is 9.92. The van der Waals surface area contributed by atoms with Gasteiger partial charge >= 0.3 is 12.1 Å². The third kappa shape index (κ3) is 10.5. The summed E-state index contributed by atoms with van der Waals surface area (Å²) < 4.78 is 11.4. The van der Waals surface area contributed by atoms with Gasteiger partial charge in [0.05, 0.1) is 18.6 Å². The Balaban J connectivity index is 1.04. The maximum Gasteiger partial charge on any atom is 0.407 e. The number of hydrogen-bond donors (Lipinski definition) is 4. The fourth-order valence-corrected chi connectivity index (χ4v) is 8.41. The van der Waals surface area contributed by atoms with Crippen LogP contribution in [0.25, 0.3) is 21.9 Å². The topological polar surface area (TPSA) is 163 Å². The Morgan fingerprint density at radius 3 is 2.11 bits per heavy atom. The minimum absolute atomic E-state index is 0.0340. The van der Waals surface area contributed by atoms with Gasteiger partial charge in [0.15, 0.2) is 0 Å². The van der Waals surface area contributed by atoms with Crippen molar-refractivity contribution in [3.63, 3.8) is 0 Å². The Morgan fingerprint density at radius 2 is 1.41 bits per heavy atom. The molecule has 7 rings (SSSR count). The summed E-state index contributed by atoms with van der Waals surface area (Å²) >= 11 is 0. The van der Waals surface area contributed by atoms with E-state index in [0.29, 0.717) is 18.5 Å². The molecule has 4 N–H and O–H groups in total. The van der Waals surface area contributed by atoms with Gasteiger partial charge in [0.25, 0.3) is 5.91 Å². The zero-order chi connectivity index (χ0) is 44.3. The molecular weight excluding hydrogens is 797 g/mol. The lowest BCUT2D eigenvalue weighted by molar-refractivity contribution is -0.148. The summed E-state index contributed by atoms with van der Waals surface area (Å²) in [5.74, 6) is -3.61. The maximum absolute atomic E-state index is 14.1. The number of nitrogens with zero attached hydrogens (tertiary/aromatic N) is 1. The summed E-state index contributed by atoms with van der Waals surface area (Å²) in [5.41, 5.74) is 6.69. The summed E-state index contributed by atoms with van der Waals surface area (Å²) in [4.78, 5) is 70.5. The van der Waals surface area contributed by atoms with Crippen LogP contribution in [0.15, 0.2) is 141 Å². The SMILES string of the molecule is C=CCC[C@H](NC(=O)OCC1c2ccccc2-c2ccccc21)C(=O)OC[C@H](NC(=O)[C@@H](CC=C)CC(=O)N1Cc2ccccc2C[C@H]1CO)C(=O)Nc1ccc2ccccc2c1. The molecule has 0 saturated heterocycles. The Morgan fingerprint density at radius 1 is 0.746 bits per heavy atom. The molecule has 4 atom stereocenters. The highest BCUT2D eigenvalue weighted by atomic mass is 16.6. The van der Waals surface area contributed by atoms with Crippen LogP contribution < -0.4 is 16.0 Å². The summed E-state index contributed by atoms with van der Waals surface area (Å²) in [7, 11) is 0. The number of fused-ring (bicyclic) bond motifs is 5. The van der Waals surface area contributed by atoms with Gasteiger partial charge < -0.3 is 35.4 Å². The van der Waals surface area contributed by atoms with E-state index in [-0.39, 0.29) is 50.8 Å². The van der Waals surface area contributed by atoms with Gasteiger partial charge in [0, 0.05) is 24.6 Å². The van der Waals surface area contributed by atoms with E-state index in [0.717, 1.165) is 44.2 Å². The number of allylic oxidation sites excluding steroid dienone is 2. The van der Waals surface area contributed by atoms with Crippen LogP contribution in [0.5, 0.6) is 0 Å². The van der Waals surface area contributed by atoms with Gasteiger partial charge in [-0.1, -0.05) is 115 Å². The van der Waals surface area contributed by atoms with Gasteiger partial charge in [-0.15, -0.1) is 13.2 Å². The van der Waals surface area contributed by atoms with Crippen molar-refractivity contribution in [2.24, 2.45) is 5.92 Å². The van der Waals surface area contributed by atoms with Crippen LogP contribution in [0.1, 0.15) is 53.9 Å². The summed E-state index contributed by atoms with van der Waals surface area (Å²) in [5, 5.41) is 20.2. The molecule has 0 radical (unpaired) electrons. The van der Waals surface area contributed by atoms with Crippen molar-refractivity contribution in [3.8, 4) is 11.1 Å². The largest absolute Gasteiger partial charge is 0.461 e. The predicted octanol–water partition coefficient (Wildman–Crippen LogP) is 7.21. The number of ether oxygens (including phenoxy) is 2. The van der Waals surface area contributed by atoms with E-state index >= 15 is 0 Å². The van der Waals surface area contributed by atoms with Crippen LogP contribution in [0, 0.1) is 5.92 Å². The van der Waals surface area contributed by atoms with Crippen molar-refractivity contribution in [2.75, 3.05) is 25.1 Å². The highest BCUT2D eigenvalue weighted by molar-refractivity contribution is 6.00. The van der Waals surface area contributed by atoms with E-state index < -0.39 is 54.5 Å². The van der Waals surface area contributed by atoms with Gasteiger partial charge in [-0.2, -0.15) is 0 Å². The predicted molar refractivity (Wildman–Crippen MR) is 241 cm³/mol. The normalized spacial score (nSPS) is 15.4. The van der Waals surface area contributed by atoms with E-state index in [1.165, 1.54) is 6.08 Å². The first kappa shape index (κ1) is 44.0. The molecule has 12 nitrogen and oxygen atoms in total. The van der Waals surface area contributed by atoms with Crippen molar-refractivity contribution in [3.05, 3.63) is 163 Å². The molecule has 1 aliphatic heterocycles. The molecule has 1 aliphatic carbocycles. The van der Waals surface area contributed by atoms with Crippen molar-refractivity contribution in [2.45, 2.75) is 62.7 Å². The van der Waals surface area contributed by atoms with Crippen molar-refractivity contribution < 1.29 is 38.6 Å². The van der Waals surface area contributed by atoms with Gasteiger partial charge in [0.1, 0.15) is 25.3 Å². The highest BCUT2D eigenvalue weighted by Gasteiger charge is 2.35. The third-order valence-electron chi connectivity index (χ3n) is 11.8. The molecule has 5 aromatic rings. The molecule has 63 heavy (non-hydrogen) atoms. The second-order valence-corrected chi connectivity index (χ2v) is 15.9. The summed E-state index contributed by atoms with van der Waals surface area (Å²) in [6, 6.07) is 33.6. The number of aliphatic hydroxyl groups is 1. The molecule has 0 spiro atoms. The van der Waals surface area contributed by atoms with Crippen LogP contribution in [0.3, 0.4) is 0 Å². The molecule has 2 aliphatic rings. The summed E-state index contributed by atoms with van der Waals surface area (Å²) in [6.45, 7) is 7.03. The summed E-state index contributed by atoms with van der Waals surface area (Å²) in [6.07, 6.45) is 3.15. The molecule has 5 aromatic carbocycles. The molecule has 4 amide bonds. The standard InChI is InChI=1S/C51H52N4O8/c1-3-5-23-45(54-51(61)63-31-44-42-21-12-10-19-40(42)41-20-11-13-22-43(41)44)50(60)62-32-46(49(59)52-38-25-24-33-15-6-7-16-34(33)26-38)53-48(58)36(14-4-2)28-47(57)55-29-37-18-9-8-17-35(37)27-39(55)30-56/h3-4,6-13,15-22,24-26,36,39,44-46,56H,1-2,5,14,23,27-32H2,(H,52,59)(H,53,58)(H,54,61)/t36-,39-,45-,46-/m0/s1. The van der Waals surface area contributed by atoms with Crippen LogP contribution in [-0.2, 0) is 41.6 Å². The minimum atomic E-state index is -1.41. The number of anilines is 1. The lowest BCUT2D eigenvalue weighted by Crippen LogP contribution is -2.51. The quantitative estimate of drug-likeness (QED) is 0.0531. The van der Waals surface area contributed by atoms with Gasteiger partial charge in [-0.25, -0.2) is 9.59 Å². The number of amides is 4. The Bertz CT molecular complexity index is 2460. The maximum atomic E-state index is 14.1. The van der Waals surface area contributed by atoms with E-state index in [9.17, 15) is 29.1 Å². The average Bonchev–Trinajstić information content (AvgIpc) is 3.63. The number of hydrogen-bond acceptors (Lipinski definition) is 8. The zero-order valence-electron chi connectivity index (χ0n) is 35.0. The van der Waals surface area contributed by atoms with Gasteiger partial charge in [-0.05, 0) is 82.0 Å². The molecule has 0 aromatic heterocycles. The first-order valence-corrected chi connectivity index (χ1v) is 21.2. The number of benzene rings is 5. The van der Waals surface area contributed by atoms with E-state index in [1.54, 1.807) is 23.1 Å². The molecular formula is C51H52N4O8. The Labute approximate surface area is 367 Å². The molecule has 0 saturated carbocycles. The number of esters is 1. The van der Waals surface area contributed by atoms with Crippen LogP contribution >= 0.6 is 0 Å². The molecule has 0 fully saturated rings. The fraction of sp³-hybridized carbons (Fsp3) is 0.275. The van der Waals surface area contributed by atoms with Crippen molar-refractivity contribution >= 4 is 46.2 Å². The second kappa shape index (κ2) is 20.7. The molecule has 12 heteroatoms. The van der Waals surface area contributed by atoms with Crippen molar-refractivity contribution in [1.29, 1.82) is 0 Å². The first-order chi connectivity index (χ1) is 30.7.